The Morgan fingerprint density at radius 3 is 2.69 bits per heavy atom. The van der Waals surface area contributed by atoms with Crippen molar-refractivity contribution in [2.24, 2.45) is 0 Å². The van der Waals surface area contributed by atoms with Crippen LogP contribution in [0.1, 0.15) is 36.8 Å². The van der Waals surface area contributed by atoms with Crippen LogP contribution in [-0.2, 0) is 0 Å². The molecule has 1 nitrogen and oxygen atoms in total. The van der Waals surface area contributed by atoms with E-state index in [0.29, 0.717) is 5.92 Å². The van der Waals surface area contributed by atoms with Crippen molar-refractivity contribution in [3.05, 3.63) is 40.9 Å². The zero-order chi connectivity index (χ0) is 12.1. The summed E-state index contributed by atoms with van der Waals surface area (Å²) in [6.07, 6.45) is 3.95. The zero-order valence-corrected chi connectivity index (χ0v) is 11.0. The largest absolute Gasteiger partial charge is 0.496 e. The summed E-state index contributed by atoms with van der Waals surface area (Å²) in [4.78, 5) is 0. The standard InChI is InChI=1S/C14H19ClO/c1-5-7-11(6-2)12-9-13(15)10(3)8-14(12)16-4/h5,8-9,11H,1,6-7H2,2-4H3. The minimum Gasteiger partial charge on any atom is -0.496 e. The predicted molar refractivity (Wildman–Crippen MR) is 70.6 cm³/mol. The second-order valence-corrected chi connectivity index (χ2v) is 4.38. The number of rotatable bonds is 5. The van der Waals surface area contributed by atoms with Crippen LogP contribution in [0.15, 0.2) is 24.8 Å². The lowest BCUT2D eigenvalue weighted by molar-refractivity contribution is 0.404. The van der Waals surface area contributed by atoms with Crippen molar-refractivity contribution in [3.8, 4) is 5.75 Å². The molecule has 0 saturated heterocycles. The summed E-state index contributed by atoms with van der Waals surface area (Å²) in [6, 6.07) is 4.02. The predicted octanol–water partition coefficient (Wildman–Crippen LogP) is 4.73. The number of aryl methyl sites for hydroxylation is 1. The second-order valence-electron chi connectivity index (χ2n) is 3.97. The number of hydrogen-bond donors (Lipinski definition) is 0. The van der Waals surface area contributed by atoms with E-state index < -0.39 is 0 Å². The minimum atomic E-state index is 0.436. The maximum atomic E-state index is 6.16. The molecular formula is C14H19ClO. The van der Waals surface area contributed by atoms with Gasteiger partial charge in [-0.05, 0) is 48.9 Å². The Bertz CT molecular complexity index is 371. The van der Waals surface area contributed by atoms with Gasteiger partial charge in [0.25, 0.3) is 0 Å². The van der Waals surface area contributed by atoms with Crippen LogP contribution in [0, 0.1) is 6.92 Å². The molecule has 0 aromatic heterocycles. The Hall–Kier alpha value is -0.950. The molecular weight excluding hydrogens is 220 g/mol. The van der Waals surface area contributed by atoms with Gasteiger partial charge in [-0.25, -0.2) is 0 Å². The first-order valence-corrected chi connectivity index (χ1v) is 5.96. The fourth-order valence-electron chi connectivity index (χ4n) is 1.88. The van der Waals surface area contributed by atoms with Gasteiger partial charge >= 0.3 is 0 Å². The van der Waals surface area contributed by atoms with Crippen molar-refractivity contribution in [1.29, 1.82) is 0 Å². The van der Waals surface area contributed by atoms with Gasteiger partial charge in [-0.1, -0.05) is 24.6 Å². The normalized spacial score (nSPS) is 12.2. The molecule has 0 aliphatic carbocycles. The molecule has 0 N–H and O–H groups in total. The van der Waals surface area contributed by atoms with Crippen LogP contribution in [0.3, 0.4) is 0 Å². The molecule has 0 spiro atoms. The smallest absolute Gasteiger partial charge is 0.122 e. The lowest BCUT2D eigenvalue weighted by atomic mass is 9.91. The van der Waals surface area contributed by atoms with Crippen molar-refractivity contribution in [2.45, 2.75) is 32.6 Å². The van der Waals surface area contributed by atoms with Crippen molar-refractivity contribution in [2.75, 3.05) is 7.11 Å². The SMILES string of the molecule is C=CCC(CC)c1cc(Cl)c(C)cc1OC. The van der Waals surface area contributed by atoms with Crippen LogP contribution in [0.25, 0.3) is 0 Å². The van der Waals surface area contributed by atoms with Crippen molar-refractivity contribution in [1.82, 2.24) is 0 Å². The first-order valence-electron chi connectivity index (χ1n) is 5.58. The Morgan fingerprint density at radius 2 is 2.19 bits per heavy atom. The van der Waals surface area contributed by atoms with Gasteiger partial charge in [-0.3, -0.25) is 0 Å². The Balaban J connectivity index is 3.18. The van der Waals surface area contributed by atoms with Gasteiger partial charge in [0, 0.05) is 5.02 Å². The maximum absolute atomic E-state index is 6.16. The molecule has 0 heterocycles. The van der Waals surface area contributed by atoms with E-state index in [1.54, 1.807) is 7.11 Å². The Morgan fingerprint density at radius 1 is 1.50 bits per heavy atom. The first-order chi connectivity index (χ1) is 7.63. The third-order valence-electron chi connectivity index (χ3n) is 2.89. The number of methoxy groups -OCH3 is 1. The highest BCUT2D eigenvalue weighted by Crippen LogP contribution is 2.35. The van der Waals surface area contributed by atoms with Crippen molar-refractivity contribution < 1.29 is 4.74 Å². The highest BCUT2D eigenvalue weighted by atomic mass is 35.5. The Labute approximate surface area is 103 Å². The molecule has 0 fully saturated rings. The van der Waals surface area contributed by atoms with E-state index in [2.05, 4.69) is 13.5 Å². The van der Waals surface area contributed by atoms with Crippen molar-refractivity contribution >= 4 is 11.6 Å². The van der Waals surface area contributed by atoms with Crippen LogP contribution in [0.5, 0.6) is 5.75 Å². The summed E-state index contributed by atoms with van der Waals surface area (Å²) < 4.78 is 5.42. The topological polar surface area (TPSA) is 9.23 Å². The number of halogens is 1. The van der Waals surface area contributed by atoms with Gasteiger partial charge in [0.15, 0.2) is 0 Å². The summed E-state index contributed by atoms with van der Waals surface area (Å²) in [5, 5.41) is 0.804. The lowest BCUT2D eigenvalue weighted by Gasteiger charge is -2.18. The summed E-state index contributed by atoms with van der Waals surface area (Å²) in [5.74, 6) is 1.36. The molecule has 1 atom stereocenters. The third kappa shape index (κ3) is 2.79. The van der Waals surface area contributed by atoms with Gasteiger partial charge in [-0.2, -0.15) is 0 Å². The molecule has 1 aromatic rings. The molecule has 0 aliphatic rings. The van der Waals surface area contributed by atoms with Gasteiger partial charge in [0.05, 0.1) is 7.11 Å². The fraction of sp³-hybridized carbons (Fsp3) is 0.429. The van der Waals surface area contributed by atoms with E-state index in [4.69, 9.17) is 16.3 Å². The average molecular weight is 239 g/mol. The molecule has 2 heteroatoms. The highest BCUT2D eigenvalue weighted by Gasteiger charge is 2.15. The molecule has 1 rings (SSSR count). The number of hydrogen-bond acceptors (Lipinski definition) is 1. The zero-order valence-electron chi connectivity index (χ0n) is 10.2. The van der Waals surface area contributed by atoms with Crippen LogP contribution >= 0.6 is 11.6 Å². The summed E-state index contributed by atoms with van der Waals surface area (Å²) in [6.45, 7) is 7.95. The highest BCUT2D eigenvalue weighted by molar-refractivity contribution is 6.31. The van der Waals surface area contributed by atoms with Crippen LogP contribution in [-0.4, -0.2) is 7.11 Å². The maximum Gasteiger partial charge on any atom is 0.122 e. The van der Waals surface area contributed by atoms with Crippen LogP contribution < -0.4 is 4.74 Å². The van der Waals surface area contributed by atoms with Crippen LogP contribution in [0.4, 0.5) is 0 Å². The van der Waals surface area contributed by atoms with E-state index in [9.17, 15) is 0 Å². The van der Waals surface area contributed by atoms with E-state index in [1.165, 1.54) is 5.56 Å². The van der Waals surface area contributed by atoms with Crippen molar-refractivity contribution in [3.63, 3.8) is 0 Å². The molecule has 0 amide bonds. The molecule has 1 unspecified atom stereocenters. The van der Waals surface area contributed by atoms with Gasteiger partial charge in [0.1, 0.15) is 5.75 Å². The molecule has 0 saturated carbocycles. The molecule has 1 aromatic carbocycles. The van der Waals surface area contributed by atoms with E-state index >= 15 is 0 Å². The molecule has 0 bridgehead atoms. The molecule has 88 valence electrons. The third-order valence-corrected chi connectivity index (χ3v) is 3.30. The van der Waals surface area contributed by atoms with E-state index in [-0.39, 0.29) is 0 Å². The monoisotopic (exact) mass is 238 g/mol. The van der Waals surface area contributed by atoms with Gasteiger partial charge in [-0.15, -0.1) is 6.58 Å². The summed E-state index contributed by atoms with van der Waals surface area (Å²) in [7, 11) is 1.70. The minimum absolute atomic E-state index is 0.436. The molecule has 0 aliphatic heterocycles. The lowest BCUT2D eigenvalue weighted by Crippen LogP contribution is -2.00. The summed E-state index contributed by atoms with van der Waals surface area (Å²) >= 11 is 6.16. The van der Waals surface area contributed by atoms with E-state index in [0.717, 1.165) is 29.2 Å². The number of benzene rings is 1. The molecule has 0 radical (unpaired) electrons. The average Bonchev–Trinajstić information content (AvgIpc) is 2.29. The summed E-state index contributed by atoms with van der Waals surface area (Å²) in [5.41, 5.74) is 2.23. The van der Waals surface area contributed by atoms with Crippen LogP contribution in [0.2, 0.25) is 5.02 Å². The quantitative estimate of drug-likeness (QED) is 0.674. The first kappa shape index (κ1) is 13.1. The Kier molecular flexibility index (Phi) is 4.88. The van der Waals surface area contributed by atoms with Gasteiger partial charge in [0.2, 0.25) is 0 Å². The second kappa shape index (κ2) is 5.95. The fourth-order valence-corrected chi connectivity index (χ4v) is 2.05. The molecule has 16 heavy (non-hydrogen) atoms. The number of allylic oxidation sites excluding steroid dienone is 1. The number of ether oxygens (including phenoxy) is 1. The van der Waals surface area contributed by atoms with Gasteiger partial charge < -0.3 is 4.74 Å². The van der Waals surface area contributed by atoms with E-state index in [1.807, 2.05) is 25.1 Å².